The van der Waals surface area contributed by atoms with Crippen molar-refractivity contribution in [1.82, 2.24) is 19.6 Å². The molecule has 0 rings (SSSR count). The number of aldehydes is 1. The zero-order valence-corrected chi connectivity index (χ0v) is 48.4. The van der Waals surface area contributed by atoms with Crippen LogP contribution in [0.4, 0.5) is 0 Å². The highest BCUT2D eigenvalue weighted by atomic mass is 16.5. The van der Waals surface area contributed by atoms with Crippen molar-refractivity contribution >= 4 is 30.0 Å². The highest BCUT2D eigenvalue weighted by Crippen LogP contribution is 2.23. The predicted octanol–water partition coefficient (Wildman–Crippen LogP) is 13.4. The quantitative estimate of drug-likeness (QED) is 0.0271. The van der Waals surface area contributed by atoms with Crippen molar-refractivity contribution in [3.63, 3.8) is 0 Å². The molecule has 0 radical (unpaired) electrons. The van der Waals surface area contributed by atoms with Crippen molar-refractivity contribution in [3.8, 4) is 0 Å². The van der Waals surface area contributed by atoms with Crippen LogP contribution in [0.15, 0.2) is 12.2 Å². The molecule has 72 heavy (non-hydrogen) atoms. The third kappa shape index (κ3) is 46.9. The summed E-state index contributed by atoms with van der Waals surface area (Å²) in [7, 11) is 11.0. The summed E-state index contributed by atoms with van der Waals surface area (Å²) >= 11 is 0. The molecule has 2 unspecified atom stereocenters. The third-order valence-corrected chi connectivity index (χ3v) is 13.8. The zero-order chi connectivity index (χ0) is 53.7. The Morgan fingerprint density at radius 3 is 1.24 bits per heavy atom. The van der Waals surface area contributed by atoms with Gasteiger partial charge in [0.05, 0.1) is 14.2 Å². The Bertz CT molecular complexity index is 1280. The maximum Gasteiger partial charge on any atom is 0.330 e. The minimum Gasteiger partial charge on any atom is -0.469 e. The van der Waals surface area contributed by atoms with Gasteiger partial charge in [-0.3, -0.25) is 14.4 Å². The number of aliphatic hydroxyl groups excluding tert-OH is 1. The van der Waals surface area contributed by atoms with E-state index in [2.05, 4.69) is 52.3 Å². The third-order valence-electron chi connectivity index (χ3n) is 13.8. The van der Waals surface area contributed by atoms with Crippen molar-refractivity contribution in [2.45, 2.75) is 270 Å². The van der Waals surface area contributed by atoms with Gasteiger partial charge in [-0.25, -0.2) is 4.79 Å². The Morgan fingerprint density at radius 1 is 0.444 bits per heavy atom. The molecule has 12 heteroatoms. The summed E-state index contributed by atoms with van der Waals surface area (Å²) in [4.78, 5) is 68.6. The molecule has 0 bridgehead atoms. The predicted molar refractivity (Wildman–Crippen MR) is 301 cm³/mol. The Kier molecular flexibility index (Phi) is 53.9. The fourth-order valence-electron chi connectivity index (χ4n) is 9.42. The van der Waals surface area contributed by atoms with E-state index in [1.807, 2.05) is 20.2 Å². The summed E-state index contributed by atoms with van der Waals surface area (Å²) in [6.45, 7) is 8.15. The molecule has 2 atom stereocenters. The van der Waals surface area contributed by atoms with E-state index in [-0.39, 0.29) is 30.5 Å². The average Bonchev–Trinajstić information content (AvgIpc) is 3.36. The van der Waals surface area contributed by atoms with Crippen LogP contribution in [0, 0.1) is 0 Å². The molecule has 0 heterocycles. The van der Waals surface area contributed by atoms with Crippen molar-refractivity contribution in [2.24, 2.45) is 0 Å². The van der Waals surface area contributed by atoms with Gasteiger partial charge in [-0.1, -0.05) is 148 Å². The number of allylic oxidation sites excluding steroid dienone is 1. The summed E-state index contributed by atoms with van der Waals surface area (Å²) in [5.74, 6) is 0.126. The summed E-state index contributed by atoms with van der Waals surface area (Å²) in [5, 5.41) is 9.18. The molecule has 0 aromatic rings. The van der Waals surface area contributed by atoms with Gasteiger partial charge < -0.3 is 39.0 Å². The number of unbranched alkanes of at least 4 members (excludes halogenated alkanes) is 23. The monoisotopic (exact) mass is 1020 g/mol. The minimum absolute atomic E-state index is 0.125. The van der Waals surface area contributed by atoms with Crippen molar-refractivity contribution in [1.29, 1.82) is 0 Å². The molecular formula is C60H116N4O8. The molecule has 1 N–H and O–H groups in total. The van der Waals surface area contributed by atoms with Crippen LogP contribution in [0.25, 0.3) is 0 Å². The van der Waals surface area contributed by atoms with Crippen molar-refractivity contribution < 1.29 is 38.6 Å². The number of carbonyl (C=O) groups excluding carboxylic acids is 5. The SMILES string of the molecule is CCCCCCCCCCC(CCCCC=CC(=O)OC)N(CCCCC=O)C(=O)CCCN(C)C.CCCCCCCCCCC(CCCCCCC(=O)OC)N(CCCCCO)C(=O)CCCN(C)C. The second-order valence-electron chi connectivity index (χ2n) is 21.0. The smallest absolute Gasteiger partial charge is 0.330 e. The van der Waals surface area contributed by atoms with Crippen LogP contribution in [-0.2, 0) is 33.4 Å². The molecule has 0 aromatic heterocycles. The van der Waals surface area contributed by atoms with Gasteiger partial charge >= 0.3 is 11.9 Å². The van der Waals surface area contributed by atoms with Gasteiger partial charge in [0.1, 0.15) is 6.29 Å². The standard InChI is InChI=1S/C30H60N2O4.C30H56N2O4/c2*1-5-6-7-8-9-10-11-15-21-28(22-16-12-13-17-24-30(35)36-4)32(26-18-14-19-27-33)29(34)23-20-25-31(2)3/h28,33H,5-27H2,1-4H3;17,24,27-28H,5-16,18-23,25-26H2,1-4H3. The number of hydrogen-bond acceptors (Lipinski definition) is 10. The molecule has 0 spiro atoms. The highest BCUT2D eigenvalue weighted by molar-refractivity contribution is 5.81. The first-order valence-corrected chi connectivity index (χ1v) is 29.7. The lowest BCUT2D eigenvalue weighted by atomic mass is 9.97. The summed E-state index contributed by atoms with van der Waals surface area (Å²) in [6.07, 6.45) is 44.8. The molecule has 424 valence electrons. The summed E-state index contributed by atoms with van der Waals surface area (Å²) in [6, 6.07) is 0.574. The van der Waals surface area contributed by atoms with Crippen LogP contribution >= 0.6 is 0 Å². The second kappa shape index (κ2) is 54.4. The number of rotatable bonds is 51. The lowest BCUT2D eigenvalue weighted by Crippen LogP contribution is -2.41. The van der Waals surface area contributed by atoms with Gasteiger partial charge in [-0.05, 0) is 131 Å². The number of hydrogen-bond donors (Lipinski definition) is 1. The molecule has 0 aromatic carbocycles. The maximum atomic E-state index is 13.3. The van der Waals surface area contributed by atoms with Crippen LogP contribution in [0.5, 0.6) is 0 Å². The second-order valence-corrected chi connectivity index (χ2v) is 21.0. The Balaban J connectivity index is 0. The number of carbonyl (C=O) groups is 5. The number of amides is 2. The molecule has 0 saturated heterocycles. The largest absolute Gasteiger partial charge is 0.469 e. The van der Waals surface area contributed by atoms with E-state index >= 15 is 0 Å². The van der Waals surface area contributed by atoms with Crippen LogP contribution < -0.4 is 0 Å². The molecule has 0 aliphatic carbocycles. The Labute approximate surface area is 443 Å². The van der Waals surface area contributed by atoms with E-state index in [0.717, 1.165) is 154 Å². The van der Waals surface area contributed by atoms with Crippen molar-refractivity contribution in [3.05, 3.63) is 12.2 Å². The normalized spacial score (nSPS) is 12.2. The van der Waals surface area contributed by atoms with Gasteiger partial charge in [0.15, 0.2) is 0 Å². The van der Waals surface area contributed by atoms with E-state index in [9.17, 15) is 29.1 Å². The summed E-state index contributed by atoms with van der Waals surface area (Å²) < 4.78 is 9.40. The van der Waals surface area contributed by atoms with E-state index in [0.29, 0.717) is 37.6 Å². The lowest BCUT2D eigenvalue weighted by molar-refractivity contribution is -0.141. The fraction of sp³-hybridized carbons (Fsp3) is 0.883. The van der Waals surface area contributed by atoms with Gasteiger partial charge in [0, 0.05) is 63.5 Å². The number of methoxy groups -OCH3 is 2. The first-order valence-electron chi connectivity index (χ1n) is 29.7. The molecular weight excluding hydrogens is 905 g/mol. The van der Waals surface area contributed by atoms with E-state index in [4.69, 9.17) is 4.74 Å². The minimum atomic E-state index is -0.313. The van der Waals surface area contributed by atoms with Crippen LogP contribution in [0.1, 0.15) is 258 Å². The van der Waals surface area contributed by atoms with E-state index in [1.54, 1.807) is 0 Å². The molecule has 0 aliphatic rings. The Morgan fingerprint density at radius 2 is 0.833 bits per heavy atom. The van der Waals surface area contributed by atoms with E-state index < -0.39 is 0 Å². The van der Waals surface area contributed by atoms with Gasteiger partial charge in [-0.15, -0.1) is 0 Å². The summed E-state index contributed by atoms with van der Waals surface area (Å²) in [5.41, 5.74) is 0. The molecule has 0 saturated carbocycles. The molecule has 0 fully saturated rings. The van der Waals surface area contributed by atoms with Crippen LogP contribution in [0.2, 0.25) is 0 Å². The fourth-order valence-corrected chi connectivity index (χ4v) is 9.42. The van der Waals surface area contributed by atoms with Gasteiger partial charge in [0.2, 0.25) is 11.8 Å². The molecule has 2 amide bonds. The van der Waals surface area contributed by atoms with Gasteiger partial charge in [0.25, 0.3) is 0 Å². The Hall–Kier alpha value is -2.83. The first kappa shape index (κ1) is 71.2. The zero-order valence-electron chi connectivity index (χ0n) is 48.4. The first-order chi connectivity index (χ1) is 34.9. The van der Waals surface area contributed by atoms with Gasteiger partial charge in [-0.2, -0.15) is 0 Å². The molecule has 12 nitrogen and oxygen atoms in total. The topological polar surface area (TPSA) is 137 Å². The average molecular weight is 1020 g/mol. The maximum absolute atomic E-state index is 13.3. The number of nitrogens with zero attached hydrogens (tertiary/aromatic N) is 4. The number of ether oxygens (including phenoxy) is 2. The number of esters is 2. The van der Waals surface area contributed by atoms with Crippen LogP contribution in [-0.4, -0.2) is 142 Å². The van der Waals surface area contributed by atoms with E-state index in [1.165, 1.54) is 117 Å². The highest BCUT2D eigenvalue weighted by Gasteiger charge is 2.24. The van der Waals surface area contributed by atoms with Crippen molar-refractivity contribution in [2.75, 3.05) is 75.2 Å². The number of aliphatic hydroxyl groups is 1. The molecule has 0 aliphatic heterocycles. The lowest BCUT2D eigenvalue weighted by Gasteiger charge is -2.33. The van der Waals surface area contributed by atoms with Crippen LogP contribution in [0.3, 0.4) is 0 Å².